The van der Waals surface area contributed by atoms with E-state index in [1.165, 1.54) is 77.5 Å². The average Bonchev–Trinajstić information content (AvgIpc) is 3.55. The van der Waals surface area contributed by atoms with Gasteiger partial charge in [-0.25, -0.2) is 12.1 Å². The van der Waals surface area contributed by atoms with Crippen molar-refractivity contribution in [1.82, 2.24) is 0 Å². The fourth-order valence-corrected chi connectivity index (χ4v) is 3.66. The molecule has 0 radical (unpaired) electrons. The molecule has 0 fully saturated rings. The van der Waals surface area contributed by atoms with Crippen LogP contribution in [0.25, 0.3) is 0 Å². The van der Waals surface area contributed by atoms with E-state index in [0.29, 0.717) is 0 Å². The first kappa shape index (κ1) is 33.9. The Hall–Kier alpha value is -2.15. The van der Waals surface area contributed by atoms with Crippen LogP contribution in [0.2, 0.25) is 0 Å². The van der Waals surface area contributed by atoms with E-state index >= 15 is 0 Å². The maximum absolute atomic E-state index is 3.01. The Morgan fingerprint density at radius 2 is 1.03 bits per heavy atom. The van der Waals surface area contributed by atoms with Gasteiger partial charge in [-0.05, 0) is 0 Å². The van der Waals surface area contributed by atoms with Gasteiger partial charge in [0.25, 0.3) is 0 Å². The summed E-state index contributed by atoms with van der Waals surface area (Å²) in [6, 6.07) is 32.5. The molecule has 0 bridgehead atoms. The molecule has 1 heteroatoms. The quantitative estimate of drug-likeness (QED) is 0.177. The van der Waals surface area contributed by atoms with Crippen LogP contribution in [0.5, 0.6) is 0 Å². The Bertz CT molecular complexity index is 851. The Kier molecular flexibility index (Phi) is 19.7. The van der Waals surface area contributed by atoms with Gasteiger partial charge >= 0.3 is 21.7 Å². The van der Waals surface area contributed by atoms with Crippen molar-refractivity contribution < 1.29 is 21.7 Å². The number of hydrogen-bond donors (Lipinski definition) is 0. The second kappa shape index (κ2) is 21.0. The smallest absolute Gasteiger partial charge is 0.214 e. The molecule has 0 atom stereocenters. The number of unbranched alkanes of at least 4 members (excludes halogenated alkanes) is 2. The summed E-state index contributed by atoms with van der Waals surface area (Å²) in [4.78, 5) is 0. The van der Waals surface area contributed by atoms with Crippen LogP contribution in [0.4, 0.5) is 0 Å². The van der Waals surface area contributed by atoms with Gasteiger partial charge in [-0.3, -0.25) is 0 Å². The van der Waals surface area contributed by atoms with E-state index in [-0.39, 0.29) is 21.7 Å². The maximum atomic E-state index is 3.01. The van der Waals surface area contributed by atoms with Crippen molar-refractivity contribution in [1.29, 1.82) is 0 Å². The zero-order valence-corrected chi connectivity index (χ0v) is 25.3. The summed E-state index contributed by atoms with van der Waals surface area (Å²) in [7, 11) is 0. The Balaban J connectivity index is 0.000000460. The summed E-state index contributed by atoms with van der Waals surface area (Å²) in [6.45, 7) is 15.4. The molecule has 0 saturated carbocycles. The van der Waals surface area contributed by atoms with E-state index < -0.39 is 0 Å². The van der Waals surface area contributed by atoms with Gasteiger partial charge in [0.2, 0.25) is 0 Å². The third kappa shape index (κ3) is 13.8. The summed E-state index contributed by atoms with van der Waals surface area (Å²) < 4.78 is 0. The van der Waals surface area contributed by atoms with Crippen molar-refractivity contribution >= 4 is 0 Å². The van der Waals surface area contributed by atoms with Crippen LogP contribution in [-0.4, -0.2) is 0 Å². The second-order valence-corrected chi connectivity index (χ2v) is 9.11. The molecule has 0 aromatic heterocycles. The molecule has 0 unspecified atom stereocenters. The molecule has 0 spiro atoms. The zero-order valence-electron chi connectivity index (χ0n) is 23.7. The first-order chi connectivity index (χ1) is 16.9. The molecule has 4 aromatic rings. The van der Waals surface area contributed by atoms with E-state index in [1.807, 2.05) is 54.6 Å². The minimum absolute atomic E-state index is 0. The molecule has 0 aliphatic carbocycles. The predicted molar refractivity (Wildman–Crippen MR) is 156 cm³/mol. The van der Waals surface area contributed by atoms with Crippen LogP contribution < -0.4 is 0 Å². The number of rotatable bonds is 6. The van der Waals surface area contributed by atoms with Gasteiger partial charge in [-0.2, -0.15) is 118 Å². The fraction of sp³-hybridized carbons (Fsp3) is 0.371. The molecule has 0 aliphatic rings. The average molecular weight is 515 g/mol. The van der Waals surface area contributed by atoms with Gasteiger partial charge in [0.1, 0.15) is 0 Å². The van der Waals surface area contributed by atoms with Gasteiger partial charge in [-0.15, -0.1) is 0 Å². The van der Waals surface area contributed by atoms with Crippen molar-refractivity contribution in [3.63, 3.8) is 0 Å². The molecule has 4 rings (SSSR count). The summed E-state index contributed by atoms with van der Waals surface area (Å²) in [5.41, 5.74) is 10.2. The standard InChI is InChI=1S/C10H15.2C10H13.C5H5.Ti/c1-6-7(2)9(4)10(5)8(6)3;2*1-2-3-7-10-8-5-4-6-9-10;1-2-4-5-3-1;/h1-5H3;2*5-6,8-9H,2-3,7H2,1H3;1-5H;/q4*-1;+4. The molecule has 4 aromatic carbocycles. The van der Waals surface area contributed by atoms with Crippen LogP contribution in [0.1, 0.15) is 78.5 Å². The topological polar surface area (TPSA) is 0 Å². The molecular formula is C35H46Ti. The number of aryl methyl sites for hydroxylation is 2. The molecule has 36 heavy (non-hydrogen) atoms. The van der Waals surface area contributed by atoms with Crippen LogP contribution in [0.3, 0.4) is 0 Å². The SMILES string of the molecule is CCCCc1cc[c-]cc1.CCCCc1cc[c-]cc1.Cc1c(C)c(C)[c-](C)c1C.[Ti+4].c1cc[cH-]c1. The minimum atomic E-state index is 0. The van der Waals surface area contributed by atoms with Crippen LogP contribution in [0, 0.1) is 46.8 Å². The van der Waals surface area contributed by atoms with Crippen molar-refractivity contribution in [2.24, 2.45) is 0 Å². The minimum Gasteiger partial charge on any atom is -0.214 e. The van der Waals surface area contributed by atoms with Crippen molar-refractivity contribution in [3.8, 4) is 0 Å². The maximum Gasteiger partial charge on any atom is 4.00 e. The van der Waals surface area contributed by atoms with Crippen LogP contribution in [0.15, 0.2) is 78.9 Å². The second-order valence-electron chi connectivity index (χ2n) is 9.11. The van der Waals surface area contributed by atoms with Crippen LogP contribution >= 0.6 is 0 Å². The van der Waals surface area contributed by atoms with Crippen LogP contribution in [-0.2, 0) is 34.6 Å². The molecule has 0 N–H and O–H groups in total. The fourth-order valence-electron chi connectivity index (χ4n) is 3.66. The zero-order chi connectivity index (χ0) is 25.9. The number of hydrogen-bond acceptors (Lipinski definition) is 0. The first-order valence-corrected chi connectivity index (χ1v) is 13.2. The molecule has 190 valence electrons. The van der Waals surface area contributed by atoms with Crippen molar-refractivity contribution in [2.45, 2.75) is 87.0 Å². The summed E-state index contributed by atoms with van der Waals surface area (Å²) >= 11 is 0. The first-order valence-electron chi connectivity index (χ1n) is 13.2. The molecule has 0 heterocycles. The predicted octanol–water partition coefficient (Wildman–Crippen LogP) is 10.0. The van der Waals surface area contributed by atoms with Gasteiger partial charge in [0.15, 0.2) is 0 Å². The van der Waals surface area contributed by atoms with E-state index in [0.717, 1.165) is 0 Å². The third-order valence-electron chi connectivity index (χ3n) is 6.58. The number of benzene rings is 2. The van der Waals surface area contributed by atoms with Crippen molar-refractivity contribution in [3.05, 3.63) is 130 Å². The molecular weight excluding hydrogens is 468 g/mol. The largest absolute Gasteiger partial charge is 4.00 e. The molecule has 0 aliphatic heterocycles. The summed E-state index contributed by atoms with van der Waals surface area (Å²) in [6.07, 6.45) is 7.57. The van der Waals surface area contributed by atoms with Crippen molar-refractivity contribution in [2.75, 3.05) is 0 Å². The molecule has 0 nitrogen and oxygen atoms in total. The summed E-state index contributed by atoms with van der Waals surface area (Å²) in [5.74, 6) is 0. The van der Waals surface area contributed by atoms with Gasteiger partial charge in [0.05, 0.1) is 0 Å². The monoisotopic (exact) mass is 514 g/mol. The Labute approximate surface area is 237 Å². The normalized spacial score (nSPS) is 9.42. The van der Waals surface area contributed by atoms with Gasteiger partial charge in [0, 0.05) is 0 Å². The van der Waals surface area contributed by atoms with E-state index in [4.69, 9.17) is 0 Å². The molecule has 0 amide bonds. The summed E-state index contributed by atoms with van der Waals surface area (Å²) in [5, 5.41) is 0. The Morgan fingerprint density at radius 1 is 0.667 bits per heavy atom. The Morgan fingerprint density at radius 3 is 1.25 bits per heavy atom. The van der Waals surface area contributed by atoms with E-state index in [1.54, 1.807) is 0 Å². The van der Waals surface area contributed by atoms with E-state index in [2.05, 4.69) is 84.9 Å². The van der Waals surface area contributed by atoms with E-state index in [9.17, 15) is 0 Å². The molecule has 0 saturated heterocycles. The third-order valence-corrected chi connectivity index (χ3v) is 6.58. The van der Waals surface area contributed by atoms with Gasteiger partial charge in [-0.1, -0.05) is 87.0 Å². The van der Waals surface area contributed by atoms with Gasteiger partial charge < -0.3 is 0 Å².